The van der Waals surface area contributed by atoms with E-state index in [1.54, 1.807) is 0 Å². The Bertz CT molecular complexity index is 505. The summed E-state index contributed by atoms with van der Waals surface area (Å²) in [6, 6.07) is 0. The molecule has 1 fully saturated rings. The smallest absolute Gasteiger partial charge is 0.279 e. The Morgan fingerprint density at radius 2 is 2.00 bits per heavy atom. The molecule has 0 aromatic carbocycles. The maximum absolute atomic E-state index is 12.0. The lowest BCUT2D eigenvalue weighted by Crippen LogP contribution is -2.41. The molecule has 7 nitrogen and oxygen atoms in total. The van der Waals surface area contributed by atoms with Gasteiger partial charge in [-0.1, -0.05) is 6.92 Å². The van der Waals surface area contributed by atoms with Crippen LogP contribution in [0, 0.1) is 5.92 Å². The fourth-order valence-corrected chi connectivity index (χ4v) is 5.11. The molecule has 1 atom stereocenters. The molecule has 1 saturated heterocycles. The number of hydrogen-bond acceptors (Lipinski definition) is 5. The van der Waals surface area contributed by atoms with Crippen molar-refractivity contribution in [2.24, 2.45) is 5.92 Å². The first kappa shape index (κ1) is 18.8. The molecule has 0 radical (unpaired) electrons. The fourth-order valence-electron chi connectivity index (χ4n) is 2.22. The molecule has 21 heavy (non-hydrogen) atoms. The largest absolute Gasteiger partial charge is 0.317 e. The van der Waals surface area contributed by atoms with Crippen molar-refractivity contribution in [3.63, 3.8) is 0 Å². The van der Waals surface area contributed by atoms with Gasteiger partial charge in [0.1, 0.15) is 0 Å². The van der Waals surface area contributed by atoms with E-state index in [4.69, 9.17) is 0 Å². The Morgan fingerprint density at radius 3 is 2.57 bits per heavy atom. The lowest BCUT2D eigenvalue weighted by molar-refractivity contribution is 0.438. The quantitative estimate of drug-likeness (QED) is 0.526. The SMILES string of the molecule is CCCNCCCN(C)S(=O)(=O)NCC1CCS(=O)(=O)C1. The second-order valence-corrected chi connectivity index (χ2v) is 9.64. The van der Waals surface area contributed by atoms with Gasteiger partial charge < -0.3 is 5.32 Å². The number of rotatable bonds is 10. The van der Waals surface area contributed by atoms with Crippen molar-refractivity contribution >= 4 is 20.0 Å². The minimum Gasteiger partial charge on any atom is -0.317 e. The molecule has 0 amide bonds. The van der Waals surface area contributed by atoms with Crippen molar-refractivity contribution in [3.05, 3.63) is 0 Å². The molecule has 0 bridgehead atoms. The van der Waals surface area contributed by atoms with Crippen LogP contribution in [0.15, 0.2) is 0 Å². The summed E-state index contributed by atoms with van der Waals surface area (Å²) in [5, 5.41) is 3.22. The normalized spacial score (nSPS) is 22.0. The zero-order valence-corrected chi connectivity index (χ0v) is 14.5. The highest BCUT2D eigenvalue weighted by molar-refractivity contribution is 7.91. The summed E-state index contributed by atoms with van der Waals surface area (Å²) < 4.78 is 50.5. The summed E-state index contributed by atoms with van der Waals surface area (Å²) in [5.74, 6) is 0.141. The summed E-state index contributed by atoms with van der Waals surface area (Å²) in [4.78, 5) is 0. The van der Waals surface area contributed by atoms with E-state index in [1.165, 1.54) is 11.4 Å². The van der Waals surface area contributed by atoms with Crippen molar-refractivity contribution in [1.29, 1.82) is 0 Å². The van der Waals surface area contributed by atoms with E-state index in [9.17, 15) is 16.8 Å². The Kier molecular flexibility index (Phi) is 7.55. The van der Waals surface area contributed by atoms with E-state index in [0.717, 1.165) is 25.9 Å². The van der Waals surface area contributed by atoms with Gasteiger partial charge >= 0.3 is 0 Å². The molecule has 0 aromatic rings. The number of nitrogens with zero attached hydrogens (tertiary/aromatic N) is 1. The van der Waals surface area contributed by atoms with Gasteiger partial charge in [-0.3, -0.25) is 0 Å². The molecule has 1 heterocycles. The molecule has 126 valence electrons. The molecule has 2 N–H and O–H groups in total. The summed E-state index contributed by atoms with van der Waals surface area (Å²) in [6.07, 6.45) is 2.34. The second kappa shape index (κ2) is 8.42. The van der Waals surface area contributed by atoms with Gasteiger partial charge in [-0.05, 0) is 38.3 Å². The number of sulfone groups is 1. The highest BCUT2D eigenvalue weighted by Crippen LogP contribution is 2.17. The molecule has 0 aliphatic carbocycles. The van der Waals surface area contributed by atoms with Gasteiger partial charge in [0.25, 0.3) is 10.2 Å². The first-order chi connectivity index (χ1) is 9.77. The van der Waals surface area contributed by atoms with Crippen LogP contribution in [0.25, 0.3) is 0 Å². The van der Waals surface area contributed by atoms with Gasteiger partial charge in [0.15, 0.2) is 9.84 Å². The van der Waals surface area contributed by atoms with Crippen LogP contribution in [-0.2, 0) is 20.0 Å². The van der Waals surface area contributed by atoms with Gasteiger partial charge in [-0.25, -0.2) is 13.1 Å². The third kappa shape index (κ3) is 7.05. The summed E-state index contributed by atoms with van der Waals surface area (Å²) >= 11 is 0. The van der Waals surface area contributed by atoms with Crippen LogP contribution >= 0.6 is 0 Å². The second-order valence-electron chi connectivity index (χ2n) is 5.55. The topological polar surface area (TPSA) is 95.6 Å². The van der Waals surface area contributed by atoms with Gasteiger partial charge in [0, 0.05) is 20.1 Å². The van der Waals surface area contributed by atoms with Crippen molar-refractivity contribution < 1.29 is 16.8 Å². The highest BCUT2D eigenvalue weighted by atomic mass is 32.2. The lowest BCUT2D eigenvalue weighted by Gasteiger charge is -2.19. The summed E-state index contributed by atoms with van der Waals surface area (Å²) in [6.45, 7) is 4.44. The first-order valence-corrected chi connectivity index (χ1v) is 10.6. The Balaban J connectivity index is 2.29. The van der Waals surface area contributed by atoms with E-state index in [0.29, 0.717) is 13.0 Å². The molecule has 0 spiro atoms. The van der Waals surface area contributed by atoms with Crippen LogP contribution in [0.5, 0.6) is 0 Å². The first-order valence-electron chi connectivity index (χ1n) is 7.39. The molecule has 0 saturated carbocycles. The van der Waals surface area contributed by atoms with Crippen molar-refractivity contribution in [2.75, 3.05) is 44.7 Å². The monoisotopic (exact) mass is 341 g/mol. The average Bonchev–Trinajstić information content (AvgIpc) is 2.76. The van der Waals surface area contributed by atoms with Crippen LogP contribution in [0.3, 0.4) is 0 Å². The van der Waals surface area contributed by atoms with Crippen LogP contribution in [-0.4, -0.2) is 65.9 Å². The molecule has 1 aliphatic rings. The van der Waals surface area contributed by atoms with Gasteiger partial charge in [0.05, 0.1) is 11.5 Å². The maximum atomic E-state index is 12.0. The third-order valence-corrected chi connectivity index (χ3v) is 6.92. The van der Waals surface area contributed by atoms with Crippen LogP contribution in [0.4, 0.5) is 0 Å². The zero-order valence-electron chi connectivity index (χ0n) is 12.8. The molecule has 9 heteroatoms. The Labute approximate surface area is 128 Å². The van der Waals surface area contributed by atoms with Gasteiger partial charge in [0.2, 0.25) is 0 Å². The van der Waals surface area contributed by atoms with Crippen LogP contribution < -0.4 is 10.0 Å². The maximum Gasteiger partial charge on any atom is 0.279 e. The van der Waals surface area contributed by atoms with E-state index < -0.39 is 20.0 Å². The average molecular weight is 341 g/mol. The van der Waals surface area contributed by atoms with Crippen molar-refractivity contribution in [2.45, 2.75) is 26.2 Å². The highest BCUT2D eigenvalue weighted by Gasteiger charge is 2.29. The zero-order chi connectivity index (χ0) is 15.9. The summed E-state index contributed by atoms with van der Waals surface area (Å²) in [7, 11) is -4.94. The third-order valence-electron chi connectivity index (χ3n) is 3.54. The number of hydrogen-bond donors (Lipinski definition) is 2. The number of nitrogens with one attached hydrogen (secondary N) is 2. The standard InChI is InChI=1S/C12H27N3O4S2/c1-3-6-13-7-4-8-15(2)21(18,19)14-10-12-5-9-20(16,17)11-12/h12-14H,3-11H2,1-2H3. The molecular weight excluding hydrogens is 314 g/mol. The Hall–Kier alpha value is -0.220. The minimum atomic E-state index is -3.52. The Morgan fingerprint density at radius 1 is 1.29 bits per heavy atom. The fraction of sp³-hybridized carbons (Fsp3) is 1.00. The minimum absolute atomic E-state index is 0.0835. The summed E-state index contributed by atoms with van der Waals surface area (Å²) in [5.41, 5.74) is 0. The van der Waals surface area contributed by atoms with E-state index >= 15 is 0 Å². The van der Waals surface area contributed by atoms with Crippen molar-refractivity contribution in [1.82, 2.24) is 14.3 Å². The predicted molar refractivity (Wildman–Crippen MR) is 84.1 cm³/mol. The molecule has 0 aromatic heterocycles. The van der Waals surface area contributed by atoms with Crippen molar-refractivity contribution in [3.8, 4) is 0 Å². The van der Waals surface area contributed by atoms with E-state index in [2.05, 4.69) is 17.0 Å². The predicted octanol–water partition coefficient (Wildman–Crippen LogP) is -0.423. The molecule has 1 aliphatic heterocycles. The van der Waals surface area contributed by atoms with E-state index in [1.807, 2.05) is 0 Å². The molecule has 1 rings (SSSR count). The van der Waals surface area contributed by atoms with Crippen LogP contribution in [0.2, 0.25) is 0 Å². The molecular formula is C12H27N3O4S2. The van der Waals surface area contributed by atoms with Crippen LogP contribution in [0.1, 0.15) is 26.2 Å². The van der Waals surface area contributed by atoms with Gasteiger partial charge in [-0.2, -0.15) is 12.7 Å². The molecule has 1 unspecified atom stereocenters. The lowest BCUT2D eigenvalue weighted by atomic mass is 10.1. The van der Waals surface area contributed by atoms with E-state index in [-0.39, 0.29) is 24.0 Å². The van der Waals surface area contributed by atoms with Gasteiger partial charge in [-0.15, -0.1) is 0 Å².